The molecule has 0 saturated heterocycles. The molecule has 0 aliphatic rings. The highest BCUT2D eigenvalue weighted by Crippen LogP contribution is 2.31. The second-order valence-corrected chi connectivity index (χ2v) is 6.76. The van der Waals surface area contributed by atoms with Crippen LogP contribution in [0.4, 0.5) is 5.69 Å². The van der Waals surface area contributed by atoms with Gasteiger partial charge in [-0.3, -0.25) is 10.1 Å². The summed E-state index contributed by atoms with van der Waals surface area (Å²) in [6, 6.07) is 16.3. The Labute approximate surface area is 157 Å². The molecule has 2 aromatic carbocycles. The van der Waals surface area contributed by atoms with Gasteiger partial charge in [-0.2, -0.15) is 5.10 Å². The van der Waals surface area contributed by atoms with Gasteiger partial charge in [-0.05, 0) is 30.7 Å². The van der Waals surface area contributed by atoms with Crippen LogP contribution < -0.4 is 0 Å². The standard InChI is InChI=1S/C19H13BrN4O2/c1-12-18(13-5-7-15(20)8-6-13)19-21-10-9-17(23(19)22-12)14-3-2-4-16(11-14)24(25)26/h2-11H,1H3. The lowest BCUT2D eigenvalue weighted by molar-refractivity contribution is -0.384. The number of halogens is 1. The molecule has 0 aliphatic carbocycles. The molecule has 0 bridgehead atoms. The summed E-state index contributed by atoms with van der Waals surface area (Å²) in [5.74, 6) is 0. The monoisotopic (exact) mass is 408 g/mol. The topological polar surface area (TPSA) is 73.3 Å². The number of hydrogen-bond acceptors (Lipinski definition) is 4. The third kappa shape index (κ3) is 2.76. The molecule has 4 rings (SSSR count). The highest BCUT2D eigenvalue weighted by atomic mass is 79.9. The minimum absolute atomic E-state index is 0.0458. The highest BCUT2D eigenvalue weighted by Gasteiger charge is 2.16. The van der Waals surface area contributed by atoms with Crippen LogP contribution in [0.3, 0.4) is 0 Å². The van der Waals surface area contributed by atoms with Crippen molar-refractivity contribution in [2.75, 3.05) is 0 Å². The van der Waals surface area contributed by atoms with Crippen molar-refractivity contribution in [3.05, 3.63) is 81.1 Å². The molecule has 26 heavy (non-hydrogen) atoms. The Morgan fingerprint density at radius 2 is 1.85 bits per heavy atom. The first-order chi connectivity index (χ1) is 12.5. The number of fused-ring (bicyclic) bond motifs is 1. The Morgan fingerprint density at radius 1 is 1.08 bits per heavy atom. The van der Waals surface area contributed by atoms with Gasteiger partial charge < -0.3 is 0 Å². The zero-order valence-corrected chi connectivity index (χ0v) is 15.3. The smallest absolute Gasteiger partial charge is 0.258 e. The van der Waals surface area contributed by atoms with Gasteiger partial charge in [0.15, 0.2) is 5.65 Å². The number of nitro benzene ring substituents is 1. The van der Waals surface area contributed by atoms with Crippen molar-refractivity contribution in [2.45, 2.75) is 6.92 Å². The molecule has 7 heteroatoms. The van der Waals surface area contributed by atoms with Gasteiger partial charge in [0.25, 0.3) is 5.69 Å². The Kier molecular flexibility index (Phi) is 4.00. The van der Waals surface area contributed by atoms with Crippen LogP contribution in [0.25, 0.3) is 28.0 Å². The maximum Gasteiger partial charge on any atom is 0.270 e. The van der Waals surface area contributed by atoms with E-state index in [4.69, 9.17) is 0 Å². The molecule has 2 heterocycles. The van der Waals surface area contributed by atoms with E-state index in [1.807, 2.05) is 43.3 Å². The van der Waals surface area contributed by atoms with Gasteiger partial charge in [-0.1, -0.05) is 40.2 Å². The third-order valence-corrected chi connectivity index (χ3v) is 4.71. The van der Waals surface area contributed by atoms with Gasteiger partial charge in [0.1, 0.15) is 0 Å². The number of benzene rings is 2. The van der Waals surface area contributed by atoms with Gasteiger partial charge in [0.05, 0.1) is 16.3 Å². The third-order valence-electron chi connectivity index (χ3n) is 4.18. The average molecular weight is 409 g/mol. The van der Waals surface area contributed by atoms with Crippen molar-refractivity contribution >= 4 is 27.3 Å². The fraction of sp³-hybridized carbons (Fsp3) is 0.0526. The SMILES string of the molecule is Cc1nn2c(-c3cccc([N+](=O)[O-])c3)ccnc2c1-c1ccc(Br)cc1. The highest BCUT2D eigenvalue weighted by molar-refractivity contribution is 9.10. The number of aryl methyl sites for hydroxylation is 1. The van der Waals surface area contributed by atoms with Gasteiger partial charge in [0.2, 0.25) is 0 Å². The van der Waals surface area contributed by atoms with Crippen LogP contribution in [-0.2, 0) is 0 Å². The van der Waals surface area contributed by atoms with Gasteiger partial charge in [0, 0.05) is 33.9 Å². The van der Waals surface area contributed by atoms with E-state index in [0.717, 1.165) is 32.6 Å². The Hall–Kier alpha value is -3.06. The summed E-state index contributed by atoms with van der Waals surface area (Å²) in [6.45, 7) is 1.93. The maximum atomic E-state index is 11.1. The molecule has 0 N–H and O–H groups in total. The van der Waals surface area contributed by atoms with Gasteiger partial charge in [-0.25, -0.2) is 9.50 Å². The molecule has 0 amide bonds. The van der Waals surface area contributed by atoms with Crippen LogP contribution in [0.1, 0.15) is 5.69 Å². The van der Waals surface area contributed by atoms with Crippen LogP contribution in [-0.4, -0.2) is 19.5 Å². The van der Waals surface area contributed by atoms with Gasteiger partial charge in [-0.15, -0.1) is 0 Å². The Balaban J connectivity index is 1.94. The van der Waals surface area contributed by atoms with Crippen LogP contribution in [0.2, 0.25) is 0 Å². The zero-order chi connectivity index (χ0) is 18.3. The largest absolute Gasteiger partial charge is 0.270 e. The van der Waals surface area contributed by atoms with Crippen LogP contribution in [0.15, 0.2) is 65.3 Å². The van der Waals surface area contributed by atoms with Crippen LogP contribution >= 0.6 is 15.9 Å². The maximum absolute atomic E-state index is 11.1. The van der Waals surface area contributed by atoms with Gasteiger partial charge >= 0.3 is 0 Å². The summed E-state index contributed by atoms with van der Waals surface area (Å²) in [6.07, 6.45) is 1.70. The Bertz CT molecular complexity index is 1140. The number of aromatic nitrogens is 3. The second-order valence-electron chi connectivity index (χ2n) is 5.84. The van der Waals surface area contributed by atoms with Crippen molar-refractivity contribution < 1.29 is 4.92 Å². The molecule has 2 aromatic heterocycles. The van der Waals surface area contributed by atoms with E-state index in [2.05, 4.69) is 26.0 Å². The predicted molar refractivity (Wildman–Crippen MR) is 103 cm³/mol. The number of nitrogens with zero attached hydrogens (tertiary/aromatic N) is 4. The molecule has 4 aromatic rings. The molecule has 6 nitrogen and oxygen atoms in total. The fourth-order valence-corrected chi connectivity index (χ4v) is 3.27. The van der Waals surface area contributed by atoms with Crippen LogP contribution in [0.5, 0.6) is 0 Å². The minimum atomic E-state index is -0.399. The minimum Gasteiger partial charge on any atom is -0.258 e. The lowest BCUT2D eigenvalue weighted by Gasteiger charge is -2.05. The number of non-ortho nitro benzene ring substituents is 1. The lowest BCUT2D eigenvalue weighted by atomic mass is 10.1. The molecule has 128 valence electrons. The number of rotatable bonds is 3. The van der Waals surface area contributed by atoms with Crippen molar-refractivity contribution in [3.63, 3.8) is 0 Å². The lowest BCUT2D eigenvalue weighted by Crippen LogP contribution is -1.97. The summed E-state index contributed by atoms with van der Waals surface area (Å²) in [4.78, 5) is 15.2. The summed E-state index contributed by atoms with van der Waals surface area (Å²) in [5, 5.41) is 15.7. The van der Waals surface area contributed by atoms with Crippen LogP contribution in [0, 0.1) is 17.0 Å². The number of nitro groups is 1. The van der Waals surface area contributed by atoms with E-state index in [1.54, 1.807) is 22.8 Å². The molecular weight excluding hydrogens is 396 g/mol. The van der Waals surface area contributed by atoms with Crippen molar-refractivity contribution in [3.8, 4) is 22.4 Å². The first-order valence-corrected chi connectivity index (χ1v) is 8.69. The summed E-state index contributed by atoms with van der Waals surface area (Å²) in [7, 11) is 0. The summed E-state index contributed by atoms with van der Waals surface area (Å²) < 4.78 is 2.74. The molecule has 0 atom stereocenters. The fourth-order valence-electron chi connectivity index (χ4n) is 3.00. The van der Waals surface area contributed by atoms with E-state index < -0.39 is 4.92 Å². The first kappa shape index (κ1) is 16.4. The second kappa shape index (κ2) is 6.34. The zero-order valence-electron chi connectivity index (χ0n) is 13.8. The van der Waals surface area contributed by atoms with Crippen molar-refractivity contribution in [2.24, 2.45) is 0 Å². The molecule has 0 saturated carbocycles. The normalized spacial score (nSPS) is 11.0. The van der Waals surface area contributed by atoms with Crippen molar-refractivity contribution in [1.29, 1.82) is 0 Å². The number of hydrogen-bond donors (Lipinski definition) is 0. The molecule has 0 fully saturated rings. The summed E-state index contributed by atoms with van der Waals surface area (Å²) in [5.41, 5.74) is 5.05. The van der Waals surface area contributed by atoms with E-state index in [1.165, 1.54) is 6.07 Å². The molecular formula is C19H13BrN4O2. The molecule has 0 radical (unpaired) electrons. The summed E-state index contributed by atoms with van der Waals surface area (Å²) >= 11 is 3.45. The van der Waals surface area contributed by atoms with E-state index in [-0.39, 0.29) is 5.69 Å². The molecule has 0 unspecified atom stereocenters. The average Bonchev–Trinajstić information content (AvgIpc) is 2.98. The quantitative estimate of drug-likeness (QED) is 0.351. The molecule has 0 spiro atoms. The van der Waals surface area contributed by atoms with Crippen molar-refractivity contribution in [1.82, 2.24) is 14.6 Å². The Morgan fingerprint density at radius 3 is 2.58 bits per heavy atom. The van der Waals surface area contributed by atoms with E-state index >= 15 is 0 Å². The molecule has 0 aliphatic heterocycles. The predicted octanol–water partition coefficient (Wildman–Crippen LogP) is 5.04. The first-order valence-electron chi connectivity index (χ1n) is 7.90. The van der Waals surface area contributed by atoms with E-state index in [9.17, 15) is 10.1 Å². The van der Waals surface area contributed by atoms with E-state index in [0.29, 0.717) is 5.65 Å².